The molecule has 0 spiro atoms. The van der Waals surface area contributed by atoms with Gasteiger partial charge in [-0.05, 0) is 38.5 Å². The van der Waals surface area contributed by atoms with E-state index in [1.807, 2.05) is 32.0 Å². The molecule has 0 radical (unpaired) electrons. The minimum Gasteiger partial charge on any atom is -0.495 e. The number of ether oxygens (including phenoxy) is 2. The molecular weight excluding hydrogens is 324 g/mol. The number of hydrogen-bond donors (Lipinski definition) is 1. The fourth-order valence-corrected chi connectivity index (χ4v) is 2.32. The number of aryl methyl sites for hydroxylation is 2. The smallest absolute Gasteiger partial charge is 0.271 e. The van der Waals surface area contributed by atoms with Crippen molar-refractivity contribution in [1.29, 1.82) is 0 Å². The van der Waals surface area contributed by atoms with Gasteiger partial charge in [0, 0.05) is 12.1 Å². The molecule has 0 aromatic heterocycles. The first-order valence-electron chi connectivity index (χ1n) is 7.69. The van der Waals surface area contributed by atoms with Crippen LogP contribution in [0, 0.1) is 24.0 Å². The predicted molar refractivity (Wildman–Crippen MR) is 94.3 cm³/mol. The van der Waals surface area contributed by atoms with Crippen LogP contribution in [0.15, 0.2) is 36.4 Å². The Kier molecular flexibility index (Phi) is 5.59. The van der Waals surface area contributed by atoms with Gasteiger partial charge in [0.05, 0.1) is 17.7 Å². The second kappa shape index (κ2) is 7.65. The molecule has 0 aliphatic rings. The minimum atomic E-state index is -0.787. The summed E-state index contributed by atoms with van der Waals surface area (Å²) in [5.41, 5.74) is 2.10. The van der Waals surface area contributed by atoms with E-state index >= 15 is 0 Å². The van der Waals surface area contributed by atoms with E-state index in [0.29, 0.717) is 11.5 Å². The van der Waals surface area contributed by atoms with E-state index in [1.54, 1.807) is 6.92 Å². The van der Waals surface area contributed by atoms with Crippen molar-refractivity contribution in [3.05, 3.63) is 57.6 Å². The molecule has 0 saturated heterocycles. The summed E-state index contributed by atoms with van der Waals surface area (Å²) in [4.78, 5) is 22.8. The normalized spacial score (nSPS) is 11.5. The van der Waals surface area contributed by atoms with Gasteiger partial charge in [0.2, 0.25) is 0 Å². The fourth-order valence-electron chi connectivity index (χ4n) is 2.32. The summed E-state index contributed by atoms with van der Waals surface area (Å²) in [5, 5.41) is 13.5. The van der Waals surface area contributed by atoms with Crippen LogP contribution in [0.3, 0.4) is 0 Å². The average Bonchev–Trinajstić information content (AvgIpc) is 2.57. The molecule has 0 fully saturated rings. The molecule has 0 bridgehead atoms. The van der Waals surface area contributed by atoms with Gasteiger partial charge in [-0.25, -0.2) is 0 Å². The zero-order valence-corrected chi connectivity index (χ0v) is 14.5. The standard InChI is InChI=1S/C18H20N2O5/c1-11-5-7-16(12(2)9-11)25-13(3)18(21)19-15-10-14(20(22)23)6-8-17(15)24-4/h5-10,13H,1-4H3,(H,19,21)/t13-/m0/s1. The highest BCUT2D eigenvalue weighted by Gasteiger charge is 2.19. The molecule has 2 aromatic carbocycles. The Balaban J connectivity index is 2.15. The van der Waals surface area contributed by atoms with Gasteiger partial charge in [0.1, 0.15) is 11.5 Å². The van der Waals surface area contributed by atoms with E-state index in [-0.39, 0.29) is 11.4 Å². The van der Waals surface area contributed by atoms with Crippen LogP contribution < -0.4 is 14.8 Å². The van der Waals surface area contributed by atoms with Crippen LogP contribution in [-0.2, 0) is 4.79 Å². The number of carbonyl (C=O) groups excluding carboxylic acids is 1. The molecular formula is C18H20N2O5. The van der Waals surface area contributed by atoms with Crippen molar-refractivity contribution >= 4 is 17.3 Å². The number of amides is 1. The van der Waals surface area contributed by atoms with E-state index in [2.05, 4.69) is 5.32 Å². The molecule has 1 N–H and O–H groups in total. The lowest BCUT2D eigenvalue weighted by Gasteiger charge is -2.17. The van der Waals surface area contributed by atoms with Crippen LogP contribution in [0.4, 0.5) is 11.4 Å². The van der Waals surface area contributed by atoms with Gasteiger partial charge in [0.25, 0.3) is 11.6 Å². The van der Waals surface area contributed by atoms with Crippen LogP contribution in [0.1, 0.15) is 18.1 Å². The molecule has 1 amide bonds. The highest BCUT2D eigenvalue weighted by Crippen LogP contribution is 2.29. The van der Waals surface area contributed by atoms with Crippen molar-refractivity contribution in [1.82, 2.24) is 0 Å². The molecule has 0 saturated carbocycles. The number of nitrogens with one attached hydrogen (secondary N) is 1. The summed E-state index contributed by atoms with van der Waals surface area (Å²) in [7, 11) is 1.42. The second-order valence-electron chi connectivity index (χ2n) is 5.66. The van der Waals surface area contributed by atoms with Crippen LogP contribution in [0.25, 0.3) is 0 Å². The predicted octanol–water partition coefficient (Wildman–Crippen LogP) is 3.63. The SMILES string of the molecule is COc1ccc([N+](=O)[O-])cc1NC(=O)[C@H](C)Oc1ccc(C)cc1C. The summed E-state index contributed by atoms with van der Waals surface area (Å²) in [5.74, 6) is 0.510. The number of nitrogens with zero attached hydrogens (tertiary/aromatic N) is 1. The van der Waals surface area contributed by atoms with Gasteiger partial charge in [-0.2, -0.15) is 0 Å². The largest absolute Gasteiger partial charge is 0.495 e. The first-order valence-corrected chi connectivity index (χ1v) is 7.69. The van der Waals surface area contributed by atoms with E-state index in [0.717, 1.165) is 11.1 Å². The van der Waals surface area contributed by atoms with Gasteiger partial charge in [-0.15, -0.1) is 0 Å². The maximum atomic E-state index is 12.4. The Morgan fingerprint density at radius 3 is 2.44 bits per heavy atom. The molecule has 2 aromatic rings. The average molecular weight is 344 g/mol. The molecule has 0 unspecified atom stereocenters. The van der Waals surface area contributed by atoms with Crippen molar-refractivity contribution in [2.24, 2.45) is 0 Å². The number of hydrogen-bond acceptors (Lipinski definition) is 5. The maximum absolute atomic E-state index is 12.4. The molecule has 0 aliphatic carbocycles. The summed E-state index contributed by atoms with van der Waals surface area (Å²) >= 11 is 0. The number of nitro groups is 1. The molecule has 0 heterocycles. The number of nitro benzene ring substituents is 1. The molecule has 1 atom stereocenters. The number of rotatable bonds is 6. The van der Waals surface area contributed by atoms with E-state index < -0.39 is 16.9 Å². The third-order valence-electron chi connectivity index (χ3n) is 3.66. The van der Waals surface area contributed by atoms with Gasteiger partial charge >= 0.3 is 0 Å². The lowest BCUT2D eigenvalue weighted by atomic mass is 10.1. The summed E-state index contributed by atoms with van der Waals surface area (Å²) in [6.45, 7) is 5.48. The van der Waals surface area contributed by atoms with Gasteiger partial charge in [0.15, 0.2) is 6.10 Å². The second-order valence-corrected chi connectivity index (χ2v) is 5.66. The number of non-ortho nitro benzene ring substituents is 1. The Hall–Kier alpha value is -3.09. The van der Waals surface area contributed by atoms with Crippen molar-refractivity contribution in [3.8, 4) is 11.5 Å². The van der Waals surface area contributed by atoms with Crippen molar-refractivity contribution in [2.75, 3.05) is 12.4 Å². The lowest BCUT2D eigenvalue weighted by Crippen LogP contribution is -2.30. The highest BCUT2D eigenvalue weighted by molar-refractivity contribution is 5.95. The Morgan fingerprint density at radius 1 is 1.16 bits per heavy atom. The maximum Gasteiger partial charge on any atom is 0.271 e. The molecule has 132 valence electrons. The monoisotopic (exact) mass is 344 g/mol. The van der Waals surface area contributed by atoms with E-state index in [1.165, 1.54) is 25.3 Å². The lowest BCUT2D eigenvalue weighted by molar-refractivity contribution is -0.384. The Morgan fingerprint density at radius 2 is 1.84 bits per heavy atom. The summed E-state index contributed by atoms with van der Waals surface area (Å²) in [6, 6.07) is 9.66. The molecule has 7 heteroatoms. The number of carbonyl (C=O) groups is 1. The van der Waals surface area contributed by atoms with Crippen molar-refractivity contribution in [2.45, 2.75) is 26.9 Å². The van der Waals surface area contributed by atoms with Gasteiger partial charge in [-0.1, -0.05) is 17.7 Å². The summed E-state index contributed by atoms with van der Waals surface area (Å²) in [6.07, 6.45) is -0.787. The Bertz CT molecular complexity index is 804. The Labute approximate surface area is 145 Å². The molecule has 7 nitrogen and oxygen atoms in total. The van der Waals surface area contributed by atoms with Crippen molar-refractivity contribution in [3.63, 3.8) is 0 Å². The third kappa shape index (κ3) is 4.47. The van der Waals surface area contributed by atoms with Crippen LogP contribution >= 0.6 is 0 Å². The minimum absolute atomic E-state index is 0.140. The topological polar surface area (TPSA) is 90.7 Å². The van der Waals surface area contributed by atoms with Crippen LogP contribution in [0.5, 0.6) is 11.5 Å². The first kappa shape index (κ1) is 18.3. The van der Waals surface area contributed by atoms with Crippen molar-refractivity contribution < 1.29 is 19.2 Å². The zero-order chi connectivity index (χ0) is 18.6. The molecule has 25 heavy (non-hydrogen) atoms. The van der Waals surface area contributed by atoms with Crippen LogP contribution in [0.2, 0.25) is 0 Å². The van der Waals surface area contributed by atoms with Crippen LogP contribution in [-0.4, -0.2) is 24.0 Å². The molecule has 2 rings (SSSR count). The highest BCUT2D eigenvalue weighted by atomic mass is 16.6. The van der Waals surface area contributed by atoms with Gasteiger partial charge < -0.3 is 14.8 Å². The third-order valence-corrected chi connectivity index (χ3v) is 3.66. The zero-order valence-electron chi connectivity index (χ0n) is 14.5. The summed E-state index contributed by atoms with van der Waals surface area (Å²) < 4.78 is 10.8. The quantitative estimate of drug-likeness (QED) is 0.638. The number of methoxy groups -OCH3 is 1. The van der Waals surface area contributed by atoms with E-state index in [4.69, 9.17) is 9.47 Å². The number of benzene rings is 2. The first-order chi connectivity index (χ1) is 11.8. The van der Waals surface area contributed by atoms with E-state index in [9.17, 15) is 14.9 Å². The van der Waals surface area contributed by atoms with Gasteiger partial charge in [-0.3, -0.25) is 14.9 Å². The fraction of sp³-hybridized carbons (Fsp3) is 0.278. The molecule has 0 aliphatic heterocycles. The number of anilines is 1.